The van der Waals surface area contributed by atoms with Gasteiger partial charge >= 0.3 is 4.77 Å². The van der Waals surface area contributed by atoms with E-state index in [1.165, 1.54) is 0 Å². The molecule has 0 saturated heterocycles. The molecule has 0 radical (unpaired) electrons. The lowest BCUT2D eigenvalue weighted by atomic mass is 9.84. The molecule has 4 unspecified atom stereocenters. The molecule has 4 aromatic carbocycles. The van der Waals surface area contributed by atoms with E-state index in [-0.39, 0.29) is 23.7 Å². The molecule has 8 aromatic rings. The number of aromatic amines is 5. The summed E-state index contributed by atoms with van der Waals surface area (Å²) in [6.45, 7) is 0. The highest BCUT2D eigenvalue weighted by atomic mass is 32.1. The third-order valence-electron chi connectivity index (χ3n) is 9.93. The van der Waals surface area contributed by atoms with Crippen molar-refractivity contribution in [3.63, 3.8) is 0 Å². The average molecular weight is 772 g/mol. The first-order valence-electron chi connectivity index (χ1n) is 17.0. The monoisotopic (exact) mass is 771 g/mol. The van der Waals surface area contributed by atoms with Crippen molar-refractivity contribution in [3.05, 3.63) is 164 Å². The summed E-state index contributed by atoms with van der Waals surface area (Å²) in [6.07, 6.45) is 0.598. The average Bonchev–Trinajstić information content (AvgIpc) is 4.03. The SMILES string of the molecule is S=c1[nH]nc(C2CC(c3[nH][nH]c(=S)[n+]3-c3ccccc3)C(c3n[nH]c(=S)n3-c3ccccc3)C2c2n[nH]c(=S)n2-c2ccccc2)n1-c1ccccc1. The first-order chi connectivity index (χ1) is 26.0. The molecule has 262 valence electrons. The topological polar surface area (TPSA) is 136 Å². The summed E-state index contributed by atoms with van der Waals surface area (Å²) in [7, 11) is 0. The van der Waals surface area contributed by atoms with Crippen molar-refractivity contribution in [3.8, 4) is 22.7 Å². The van der Waals surface area contributed by atoms with Crippen molar-refractivity contribution in [1.82, 2.24) is 54.5 Å². The first-order valence-corrected chi connectivity index (χ1v) is 18.6. The lowest BCUT2D eigenvalue weighted by molar-refractivity contribution is -0.613. The second-order valence-corrected chi connectivity index (χ2v) is 14.3. The highest BCUT2D eigenvalue weighted by Gasteiger charge is 2.54. The molecule has 9 rings (SSSR count). The Balaban J connectivity index is 1.36. The summed E-state index contributed by atoms with van der Waals surface area (Å²) in [5.41, 5.74) is 3.58. The Labute approximate surface area is 322 Å². The van der Waals surface area contributed by atoms with E-state index >= 15 is 0 Å². The smallest absolute Gasteiger partial charge is 0.272 e. The molecule has 0 aliphatic heterocycles. The van der Waals surface area contributed by atoms with Crippen molar-refractivity contribution >= 4 is 48.9 Å². The van der Waals surface area contributed by atoms with Gasteiger partial charge in [0.15, 0.2) is 14.3 Å². The lowest BCUT2D eigenvalue weighted by Gasteiger charge is -2.26. The van der Waals surface area contributed by atoms with Crippen LogP contribution in [0.15, 0.2) is 121 Å². The van der Waals surface area contributed by atoms with Gasteiger partial charge in [-0.15, -0.1) is 5.10 Å². The number of nitrogens with zero attached hydrogens (tertiary/aromatic N) is 7. The van der Waals surface area contributed by atoms with Gasteiger partial charge in [0.1, 0.15) is 23.2 Å². The Hall–Kier alpha value is -5.68. The van der Waals surface area contributed by atoms with Crippen LogP contribution >= 0.6 is 48.9 Å². The third kappa shape index (κ3) is 5.70. The van der Waals surface area contributed by atoms with Crippen molar-refractivity contribution in [2.24, 2.45) is 0 Å². The Morgan fingerprint density at radius 2 is 0.887 bits per heavy atom. The summed E-state index contributed by atoms with van der Waals surface area (Å²) in [6, 6.07) is 40.1. The van der Waals surface area contributed by atoms with Crippen LogP contribution in [0, 0.1) is 19.1 Å². The predicted octanol–water partition coefficient (Wildman–Crippen LogP) is 7.92. The van der Waals surface area contributed by atoms with E-state index in [0.717, 1.165) is 46.0 Å². The van der Waals surface area contributed by atoms with Gasteiger partial charge < -0.3 is 0 Å². The van der Waals surface area contributed by atoms with Crippen LogP contribution in [0.5, 0.6) is 0 Å². The van der Waals surface area contributed by atoms with Crippen LogP contribution in [0.3, 0.4) is 0 Å². The predicted molar refractivity (Wildman–Crippen MR) is 209 cm³/mol. The van der Waals surface area contributed by atoms with Crippen molar-refractivity contribution < 1.29 is 4.57 Å². The van der Waals surface area contributed by atoms with E-state index in [1.807, 2.05) is 135 Å². The van der Waals surface area contributed by atoms with Crippen LogP contribution < -0.4 is 4.57 Å². The molecule has 4 atom stereocenters. The number of aromatic nitrogens is 12. The van der Waals surface area contributed by atoms with Gasteiger partial charge in [-0.05, 0) is 104 Å². The Morgan fingerprint density at radius 1 is 0.491 bits per heavy atom. The maximum Gasteiger partial charge on any atom is 0.328 e. The van der Waals surface area contributed by atoms with Crippen LogP contribution in [0.25, 0.3) is 22.7 Å². The normalized spacial score (nSPS) is 18.4. The van der Waals surface area contributed by atoms with Gasteiger partial charge in [-0.25, -0.2) is 0 Å². The second-order valence-electron chi connectivity index (χ2n) is 12.8. The number of rotatable bonds is 8. The van der Waals surface area contributed by atoms with E-state index in [1.54, 1.807) is 0 Å². The standard InChI is InChI=1S/C37H30N12S4/c50-34-42-38-30(46(34)22-13-5-1-6-14-22)26-21-27(31-39-43-35(51)47(31)23-15-7-2-8-16-23)29(33-41-45-37(53)49(33)25-19-11-4-12-20-25)28(26)32-40-44-36(52)48(32)24-17-9-3-10-18-24/h1-20,26-29H,21H2,(H4,42,43,44,45,50,51,52,53)/p+1. The van der Waals surface area contributed by atoms with E-state index in [9.17, 15) is 0 Å². The summed E-state index contributed by atoms with van der Waals surface area (Å²) < 4.78 is 10.1. The maximum atomic E-state index is 5.96. The van der Waals surface area contributed by atoms with Gasteiger partial charge in [0.2, 0.25) is 5.82 Å². The van der Waals surface area contributed by atoms with Gasteiger partial charge in [0, 0.05) is 34.8 Å². The fraction of sp³-hybridized carbons (Fsp3) is 0.135. The minimum absolute atomic E-state index is 0.241. The van der Waals surface area contributed by atoms with E-state index in [4.69, 9.17) is 64.2 Å². The van der Waals surface area contributed by atoms with Crippen LogP contribution in [-0.2, 0) is 0 Å². The van der Waals surface area contributed by atoms with Gasteiger partial charge in [-0.2, -0.15) is 25.0 Å². The minimum Gasteiger partial charge on any atom is -0.272 e. The minimum atomic E-state index is -0.380. The summed E-state index contributed by atoms with van der Waals surface area (Å²) in [4.78, 5) is 0. The first kappa shape index (κ1) is 33.2. The van der Waals surface area contributed by atoms with Crippen LogP contribution in [0.1, 0.15) is 53.4 Å². The summed E-state index contributed by atoms with van der Waals surface area (Å²) in [5, 5.41) is 31.1. The van der Waals surface area contributed by atoms with Gasteiger partial charge in [0.25, 0.3) is 0 Å². The lowest BCUT2D eigenvalue weighted by Crippen LogP contribution is -2.37. The molecule has 0 spiro atoms. The van der Waals surface area contributed by atoms with E-state index in [0.29, 0.717) is 25.5 Å². The number of benzene rings is 4. The molecule has 1 saturated carbocycles. The molecule has 1 aliphatic rings. The van der Waals surface area contributed by atoms with Crippen LogP contribution in [-0.4, -0.2) is 54.5 Å². The van der Waals surface area contributed by atoms with Crippen molar-refractivity contribution in [2.45, 2.75) is 30.1 Å². The number of hydrogen-bond donors (Lipinski definition) is 5. The molecule has 0 amide bonds. The van der Waals surface area contributed by atoms with E-state index < -0.39 is 0 Å². The molecule has 53 heavy (non-hydrogen) atoms. The second kappa shape index (κ2) is 13.7. The number of nitrogens with one attached hydrogen (secondary N) is 5. The molecule has 1 fully saturated rings. The fourth-order valence-electron chi connectivity index (χ4n) is 7.83. The molecule has 4 heterocycles. The molecule has 5 N–H and O–H groups in total. The fourth-order valence-corrected chi connectivity index (χ4v) is 8.82. The number of hydrogen-bond acceptors (Lipinski definition) is 7. The van der Waals surface area contributed by atoms with Crippen LogP contribution in [0.2, 0.25) is 0 Å². The zero-order valence-electron chi connectivity index (χ0n) is 27.8. The molecule has 1 aliphatic carbocycles. The molecule has 12 nitrogen and oxygen atoms in total. The molecular formula is C37H31N12S4+. The highest BCUT2D eigenvalue weighted by Crippen LogP contribution is 2.59. The largest absolute Gasteiger partial charge is 0.328 e. The van der Waals surface area contributed by atoms with Gasteiger partial charge in [-0.3, -0.25) is 29.0 Å². The van der Waals surface area contributed by atoms with E-state index in [2.05, 4.69) is 30.1 Å². The Kier molecular flexibility index (Phi) is 8.58. The number of H-pyrrole nitrogens is 5. The highest BCUT2D eigenvalue weighted by molar-refractivity contribution is 7.71. The maximum absolute atomic E-state index is 5.96. The zero-order chi connectivity index (χ0) is 36.1. The summed E-state index contributed by atoms with van der Waals surface area (Å²) in [5.74, 6) is 1.81. The molecule has 4 aromatic heterocycles. The van der Waals surface area contributed by atoms with Crippen molar-refractivity contribution in [1.29, 1.82) is 0 Å². The summed E-state index contributed by atoms with van der Waals surface area (Å²) >= 11 is 23.8. The quantitative estimate of drug-likeness (QED) is 0.0783. The van der Waals surface area contributed by atoms with Crippen LogP contribution in [0.4, 0.5) is 0 Å². The Morgan fingerprint density at radius 3 is 1.36 bits per heavy atom. The zero-order valence-corrected chi connectivity index (χ0v) is 31.1. The molecule has 16 heteroatoms. The molecule has 0 bridgehead atoms. The van der Waals surface area contributed by atoms with Crippen molar-refractivity contribution in [2.75, 3.05) is 0 Å². The van der Waals surface area contributed by atoms with Gasteiger partial charge in [-0.1, -0.05) is 72.8 Å². The van der Waals surface area contributed by atoms with Gasteiger partial charge in [0.05, 0.1) is 5.92 Å². The number of para-hydroxylation sites is 4. The third-order valence-corrected chi connectivity index (χ3v) is 11.0. The Bertz CT molecular complexity index is 2580. The molecular weight excluding hydrogens is 741 g/mol.